The molecule has 64 valence electrons. The summed E-state index contributed by atoms with van der Waals surface area (Å²) in [7, 11) is 0. The Bertz CT molecular complexity index is 268. The van der Waals surface area contributed by atoms with Crippen molar-refractivity contribution in [3.05, 3.63) is 34.3 Å². The molecule has 12 heavy (non-hydrogen) atoms. The van der Waals surface area contributed by atoms with Crippen LogP contribution in [-0.4, -0.2) is 12.7 Å². The Morgan fingerprint density at radius 1 is 1.50 bits per heavy atom. The van der Waals surface area contributed by atoms with Crippen molar-refractivity contribution in [2.75, 3.05) is 6.61 Å². The number of hydrogen-bond acceptors (Lipinski definition) is 1. The van der Waals surface area contributed by atoms with Crippen molar-refractivity contribution < 1.29 is 4.74 Å². The van der Waals surface area contributed by atoms with E-state index >= 15 is 0 Å². The summed E-state index contributed by atoms with van der Waals surface area (Å²) in [4.78, 5) is 0. The van der Waals surface area contributed by atoms with E-state index in [0.29, 0.717) is 6.10 Å². The largest absolute Gasteiger partial charge is 0.373 e. The highest BCUT2D eigenvalue weighted by Gasteiger charge is 2.21. The van der Waals surface area contributed by atoms with Gasteiger partial charge in [0.05, 0.1) is 12.7 Å². The van der Waals surface area contributed by atoms with E-state index < -0.39 is 0 Å². The monoisotopic (exact) mass is 226 g/mol. The van der Waals surface area contributed by atoms with Crippen molar-refractivity contribution in [2.45, 2.75) is 18.9 Å². The minimum atomic E-state index is 0.545. The van der Waals surface area contributed by atoms with Gasteiger partial charge >= 0.3 is 0 Å². The van der Waals surface area contributed by atoms with Crippen LogP contribution in [0.15, 0.2) is 28.7 Å². The molecule has 1 atom stereocenters. The summed E-state index contributed by atoms with van der Waals surface area (Å²) in [6.45, 7) is 0.966. The Labute approximate surface area is 80.9 Å². The van der Waals surface area contributed by atoms with E-state index in [1.807, 2.05) is 0 Å². The van der Waals surface area contributed by atoms with Crippen LogP contribution in [-0.2, 0) is 11.2 Å². The molecule has 0 spiro atoms. The Hall–Kier alpha value is -0.340. The molecule has 2 rings (SSSR count). The van der Waals surface area contributed by atoms with Gasteiger partial charge in [-0.05, 0) is 30.5 Å². The molecule has 1 aliphatic rings. The lowest BCUT2D eigenvalue weighted by atomic mass is 10.1. The number of hydrogen-bond donors (Lipinski definition) is 0. The Morgan fingerprint density at radius 3 is 3.00 bits per heavy atom. The predicted molar refractivity (Wildman–Crippen MR) is 52.2 cm³/mol. The van der Waals surface area contributed by atoms with E-state index in [-0.39, 0.29) is 0 Å². The van der Waals surface area contributed by atoms with Gasteiger partial charge < -0.3 is 4.74 Å². The fourth-order valence-corrected chi connectivity index (χ4v) is 1.70. The molecule has 1 nitrogen and oxygen atoms in total. The predicted octanol–water partition coefficient (Wildman–Crippen LogP) is 2.78. The van der Waals surface area contributed by atoms with Crippen molar-refractivity contribution in [2.24, 2.45) is 0 Å². The number of ether oxygens (including phenoxy) is 1. The van der Waals surface area contributed by atoms with Crippen LogP contribution < -0.4 is 0 Å². The summed E-state index contributed by atoms with van der Waals surface area (Å²) in [5.74, 6) is 0. The second-order valence-corrected chi connectivity index (χ2v) is 4.04. The van der Waals surface area contributed by atoms with Crippen molar-refractivity contribution in [1.82, 2.24) is 0 Å². The standard InChI is InChI=1S/C10H11BrO/c11-9-3-1-2-8(6-9)4-5-10-7-12-10/h1-3,6,10H,4-5,7H2/t10-/m1/s1. The highest BCUT2D eigenvalue weighted by molar-refractivity contribution is 9.10. The van der Waals surface area contributed by atoms with Crippen LogP contribution in [0, 0.1) is 0 Å². The molecule has 0 unspecified atom stereocenters. The van der Waals surface area contributed by atoms with Crippen LogP contribution in [0.2, 0.25) is 0 Å². The van der Waals surface area contributed by atoms with Gasteiger partial charge in [0.25, 0.3) is 0 Å². The minimum absolute atomic E-state index is 0.545. The molecule has 1 saturated heterocycles. The lowest BCUT2D eigenvalue weighted by Gasteiger charge is -1.98. The van der Waals surface area contributed by atoms with Crippen molar-refractivity contribution in [3.63, 3.8) is 0 Å². The van der Waals surface area contributed by atoms with Gasteiger partial charge in [0, 0.05) is 4.47 Å². The van der Waals surface area contributed by atoms with Crippen molar-refractivity contribution in [3.8, 4) is 0 Å². The van der Waals surface area contributed by atoms with E-state index in [1.54, 1.807) is 0 Å². The van der Waals surface area contributed by atoms with Gasteiger partial charge in [0.1, 0.15) is 0 Å². The zero-order valence-corrected chi connectivity index (χ0v) is 8.38. The van der Waals surface area contributed by atoms with Crippen LogP contribution in [0.4, 0.5) is 0 Å². The number of halogens is 1. The highest BCUT2D eigenvalue weighted by Crippen LogP contribution is 2.18. The average Bonchev–Trinajstić information content (AvgIpc) is 2.84. The molecule has 1 heterocycles. The number of rotatable bonds is 3. The normalized spacial score (nSPS) is 20.9. The number of benzene rings is 1. The Morgan fingerprint density at radius 2 is 2.33 bits per heavy atom. The van der Waals surface area contributed by atoms with Gasteiger partial charge in [0.2, 0.25) is 0 Å². The van der Waals surface area contributed by atoms with Crippen LogP contribution in [0.5, 0.6) is 0 Å². The third-order valence-corrected chi connectivity index (χ3v) is 2.54. The molecule has 1 fully saturated rings. The maximum atomic E-state index is 5.15. The molecule has 0 aliphatic carbocycles. The van der Waals surface area contributed by atoms with Crippen molar-refractivity contribution in [1.29, 1.82) is 0 Å². The second-order valence-electron chi connectivity index (χ2n) is 3.12. The Kier molecular flexibility index (Phi) is 2.47. The van der Waals surface area contributed by atoms with Gasteiger partial charge in [-0.2, -0.15) is 0 Å². The van der Waals surface area contributed by atoms with E-state index in [1.165, 1.54) is 5.56 Å². The van der Waals surface area contributed by atoms with Crippen molar-refractivity contribution >= 4 is 15.9 Å². The minimum Gasteiger partial charge on any atom is -0.373 e. The SMILES string of the molecule is Brc1cccc(CC[C@@H]2CO2)c1. The second kappa shape index (κ2) is 3.58. The summed E-state index contributed by atoms with van der Waals surface area (Å²) in [6.07, 6.45) is 2.84. The summed E-state index contributed by atoms with van der Waals surface area (Å²) < 4.78 is 6.31. The molecule has 1 aromatic rings. The number of epoxide rings is 1. The third kappa shape index (κ3) is 2.32. The molecule has 0 saturated carbocycles. The van der Waals surface area contributed by atoms with Crippen LogP contribution >= 0.6 is 15.9 Å². The molecular formula is C10H11BrO. The molecular weight excluding hydrogens is 216 g/mol. The Balaban J connectivity index is 1.92. The maximum absolute atomic E-state index is 5.15. The smallest absolute Gasteiger partial charge is 0.0813 e. The lowest BCUT2D eigenvalue weighted by Crippen LogP contribution is -1.90. The maximum Gasteiger partial charge on any atom is 0.0813 e. The average molecular weight is 227 g/mol. The third-order valence-electron chi connectivity index (χ3n) is 2.05. The van der Waals surface area contributed by atoms with Gasteiger partial charge in [-0.3, -0.25) is 0 Å². The van der Waals surface area contributed by atoms with Gasteiger partial charge in [0.15, 0.2) is 0 Å². The topological polar surface area (TPSA) is 12.5 Å². The van der Waals surface area contributed by atoms with Crippen LogP contribution in [0.25, 0.3) is 0 Å². The molecule has 1 aromatic carbocycles. The van der Waals surface area contributed by atoms with Gasteiger partial charge in [-0.1, -0.05) is 28.1 Å². The fourth-order valence-electron chi connectivity index (χ4n) is 1.25. The summed E-state index contributed by atoms with van der Waals surface area (Å²) in [5, 5.41) is 0. The number of aryl methyl sites for hydroxylation is 1. The quantitative estimate of drug-likeness (QED) is 0.723. The summed E-state index contributed by atoms with van der Waals surface area (Å²) in [5.41, 5.74) is 1.39. The molecule has 0 bridgehead atoms. The summed E-state index contributed by atoms with van der Waals surface area (Å²) >= 11 is 3.45. The van der Waals surface area contributed by atoms with Gasteiger partial charge in [-0.15, -0.1) is 0 Å². The van der Waals surface area contributed by atoms with Crippen LogP contribution in [0.1, 0.15) is 12.0 Å². The zero-order chi connectivity index (χ0) is 8.39. The molecule has 2 heteroatoms. The molecule has 0 aromatic heterocycles. The highest BCUT2D eigenvalue weighted by atomic mass is 79.9. The van der Waals surface area contributed by atoms with E-state index in [2.05, 4.69) is 40.2 Å². The zero-order valence-electron chi connectivity index (χ0n) is 6.79. The fraction of sp³-hybridized carbons (Fsp3) is 0.400. The first-order valence-corrected chi connectivity index (χ1v) is 5.00. The summed E-state index contributed by atoms with van der Waals surface area (Å²) in [6, 6.07) is 8.46. The molecule has 0 radical (unpaired) electrons. The molecule has 0 N–H and O–H groups in total. The van der Waals surface area contributed by atoms with Gasteiger partial charge in [-0.25, -0.2) is 0 Å². The first-order chi connectivity index (χ1) is 5.84. The first-order valence-electron chi connectivity index (χ1n) is 4.20. The van der Waals surface area contributed by atoms with E-state index in [9.17, 15) is 0 Å². The lowest BCUT2D eigenvalue weighted by molar-refractivity contribution is 0.397. The molecule has 0 amide bonds. The first kappa shape index (κ1) is 8.27. The molecule has 1 aliphatic heterocycles. The van der Waals surface area contributed by atoms with E-state index in [4.69, 9.17) is 4.74 Å². The van der Waals surface area contributed by atoms with Crippen LogP contribution in [0.3, 0.4) is 0 Å². The van der Waals surface area contributed by atoms with E-state index in [0.717, 1.165) is 23.9 Å².